The Morgan fingerprint density at radius 1 is 1.13 bits per heavy atom. The number of benzene rings is 3. The smallest absolute Gasteiger partial charge is 0.249 e. The number of primary amides is 1. The molecule has 10 heteroatoms. The van der Waals surface area contributed by atoms with Crippen molar-refractivity contribution in [1.82, 2.24) is 5.32 Å². The van der Waals surface area contributed by atoms with Crippen LogP contribution in [0.2, 0.25) is 5.02 Å². The van der Waals surface area contributed by atoms with Gasteiger partial charge in [0.1, 0.15) is 5.82 Å². The van der Waals surface area contributed by atoms with Crippen LogP contribution in [0.1, 0.15) is 34.3 Å². The molecule has 0 radical (unpaired) electrons. The molecule has 1 atom stereocenters. The summed E-state index contributed by atoms with van der Waals surface area (Å²) >= 11 is 6.63. The van der Waals surface area contributed by atoms with Gasteiger partial charge in [-0.05, 0) is 42.2 Å². The molecule has 0 spiro atoms. The molecule has 39 heavy (non-hydrogen) atoms. The van der Waals surface area contributed by atoms with Crippen LogP contribution in [0, 0.1) is 11.6 Å². The number of nitrogens with zero attached hydrogens (tertiary/aromatic N) is 1. The summed E-state index contributed by atoms with van der Waals surface area (Å²) in [5.74, 6) is -2.14. The lowest BCUT2D eigenvalue weighted by atomic mass is 9.83. The molecule has 6 rings (SSSR count). The van der Waals surface area contributed by atoms with Crippen LogP contribution in [0.5, 0.6) is 0 Å². The van der Waals surface area contributed by atoms with Gasteiger partial charge in [0, 0.05) is 62.1 Å². The van der Waals surface area contributed by atoms with Gasteiger partial charge in [0.25, 0.3) is 0 Å². The number of fused-ring (bicyclic) bond motifs is 3. The normalized spacial score (nSPS) is 20.6. The molecule has 3 aromatic carbocycles. The SMILES string of the molecule is Cl.NC(=O)c1ccc(NC2CCOCC2)c(F)c1-c1c(Cl)c(F)cc2c1CC1(c3ccccc3)CNCCN21. The number of ether oxygens (including phenoxy) is 1. The zero-order valence-electron chi connectivity index (χ0n) is 21.2. The van der Waals surface area contributed by atoms with Gasteiger partial charge in [-0.15, -0.1) is 12.4 Å². The lowest BCUT2D eigenvalue weighted by Gasteiger charge is -2.45. The van der Waals surface area contributed by atoms with E-state index >= 15 is 8.78 Å². The quantitative estimate of drug-likeness (QED) is 0.387. The van der Waals surface area contributed by atoms with Crippen LogP contribution in [-0.2, 0) is 16.7 Å². The number of amides is 1. The second kappa shape index (κ2) is 10.9. The minimum Gasteiger partial charge on any atom is -0.381 e. The van der Waals surface area contributed by atoms with Crippen LogP contribution in [-0.4, -0.2) is 44.8 Å². The number of carbonyl (C=O) groups excluding carboxylic acids is 1. The van der Waals surface area contributed by atoms with E-state index in [9.17, 15) is 4.79 Å². The standard InChI is InChI=1S/C29H29ClF2N4O2.ClH/c30-26-21(31)14-23-20(15-29(16-34-10-11-36(23)29)17-4-2-1-3-5-17)24(26)25-19(28(33)37)6-7-22(27(25)32)35-18-8-12-38-13-9-18;/h1-7,14,18,34-35H,8-13,15-16H2,(H2,33,37);1H. The van der Waals surface area contributed by atoms with E-state index in [1.54, 1.807) is 0 Å². The summed E-state index contributed by atoms with van der Waals surface area (Å²) in [6.07, 6.45) is 1.91. The van der Waals surface area contributed by atoms with Crippen LogP contribution in [0.3, 0.4) is 0 Å². The Labute approximate surface area is 237 Å². The molecule has 0 bridgehead atoms. The highest BCUT2D eigenvalue weighted by molar-refractivity contribution is 6.34. The predicted octanol–water partition coefficient (Wildman–Crippen LogP) is 5.26. The molecule has 6 nitrogen and oxygen atoms in total. The third-order valence-electron chi connectivity index (χ3n) is 8.06. The summed E-state index contributed by atoms with van der Waals surface area (Å²) in [6, 6.07) is 14.5. The van der Waals surface area contributed by atoms with Gasteiger partial charge in [0.2, 0.25) is 5.91 Å². The van der Waals surface area contributed by atoms with Crippen molar-refractivity contribution in [1.29, 1.82) is 0 Å². The van der Waals surface area contributed by atoms with Crippen molar-refractivity contribution in [2.45, 2.75) is 30.8 Å². The fourth-order valence-corrected chi connectivity index (χ4v) is 6.50. The molecule has 0 aliphatic carbocycles. The van der Waals surface area contributed by atoms with Gasteiger partial charge >= 0.3 is 0 Å². The third kappa shape index (κ3) is 4.63. The van der Waals surface area contributed by atoms with E-state index in [-0.39, 0.29) is 45.8 Å². The lowest BCUT2D eigenvalue weighted by Crippen LogP contribution is -2.57. The average Bonchev–Trinajstić information content (AvgIpc) is 3.27. The number of anilines is 2. The maximum atomic E-state index is 16.4. The second-order valence-electron chi connectivity index (χ2n) is 10.2. The summed E-state index contributed by atoms with van der Waals surface area (Å²) in [5.41, 5.74) is 7.96. The first-order valence-corrected chi connectivity index (χ1v) is 13.3. The van der Waals surface area contributed by atoms with Gasteiger partial charge in [-0.1, -0.05) is 41.9 Å². The maximum Gasteiger partial charge on any atom is 0.249 e. The number of carbonyl (C=O) groups is 1. The average molecular weight is 575 g/mol. The van der Waals surface area contributed by atoms with Crippen molar-refractivity contribution < 1.29 is 18.3 Å². The van der Waals surface area contributed by atoms with E-state index in [2.05, 4.69) is 27.7 Å². The van der Waals surface area contributed by atoms with Gasteiger partial charge in [-0.25, -0.2) is 8.78 Å². The zero-order valence-corrected chi connectivity index (χ0v) is 22.8. The fourth-order valence-electron chi connectivity index (χ4n) is 6.24. The first-order valence-electron chi connectivity index (χ1n) is 12.9. The Balaban J connectivity index is 0.00000308. The Morgan fingerprint density at radius 3 is 2.59 bits per heavy atom. The largest absolute Gasteiger partial charge is 0.381 e. The van der Waals surface area contributed by atoms with Crippen molar-refractivity contribution in [2.24, 2.45) is 5.73 Å². The van der Waals surface area contributed by atoms with E-state index in [0.717, 1.165) is 24.9 Å². The molecular weight excluding hydrogens is 545 g/mol. The minimum atomic E-state index is -0.805. The van der Waals surface area contributed by atoms with Gasteiger partial charge in [-0.2, -0.15) is 0 Å². The van der Waals surface area contributed by atoms with Crippen LogP contribution >= 0.6 is 24.0 Å². The second-order valence-corrected chi connectivity index (χ2v) is 10.6. The van der Waals surface area contributed by atoms with Crippen molar-refractivity contribution in [2.75, 3.05) is 43.1 Å². The maximum absolute atomic E-state index is 16.4. The molecule has 3 aliphatic heterocycles. The summed E-state index contributed by atoms with van der Waals surface area (Å²) in [4.78, 5) is 14.7. The Kier molecular flexibility index (Phi) is 7.75. The predicted molar refractivity (Wildman–Crippen MR) is 152 cm³/mol. The fraction of sp³-hybridized carbons (Fsp3) is 0.345. The number of nitrogens with one attached hydrogen (secondary N) is 2. The van der Waals surface area contributed by atoms with Crippen LogP contribution in [0.25, 0.3) is 11.1 Å². The first kappa shape index (κ1) is 27.6. The molecule has 1 unspecified atom stereocenters. The summed E-state index contributed by atoms with van der Waals surface area (Å²) < 4.78 is 37.3. The summed E-state index contributed by atoms with van der Waals surface area (Å²) in [5, 5.41) is 6.51. The lowest BCUT2D eigenvalue weighted by molar-refractivity contribution is 0.0904. The van der Waals surface area contributed by atoms with Crippen molar-refractivity contribution >= 4 is 41.3 Å². The number of piperazine rings is 1. The molecule has 3 heterocycles. The Bertz CT molecular complexity index is 1400. The molecule has 2 saturated heterocycles. The highest BCUT2D eigenvalue weighted by Gasteiger charge is 2.48. The third-order valence-corrected chi connectivity index (χ3v) is 8.43. The van der Waals surface area contributed by atoms with Crippen molar-refractivity contribution in [3.05, 3.63) is 81.9 Å². The van der Waals surface area contributed by atoms with E-state index in [1.807, 2.05) is 18.2 Å². The molecule has 0 aromatic heterocycles. The molecule has 206 valence electrons. The van der Waals surface area contributed by atoms with Crippen LogP contribution < -0.4 is 21.3 Å². The number of hydrogen-bond donors (Lipinski definition) is 3. The van der Waals surface area contributed by atoms with Gasteiger partial charge in [0.15, 0.2) is 5.82 Å². The van der Waals surface area contributed by atoms with Gasteiger partial charge < -0.3 is 26.0 Å². The van der Waals surface area contributed by atoms with Gasteiger partial charge in [0.05, 0.1) is 21.8 Å². The van der Waals surface area contributed by atoms with Crippen molar-refractivity contribution in [3.63, 3.8) is 0 Å². The monoisotopic (exact) mass is 574 g/mol. The Morgan fingerprint density at radius 2 is 1.87 bits per heavy atom. The summed E-state index contributed by atoms with van der Waals surface area (Å²) in [6.45, 7) is 3.15. The first-order chi connectivity index (χ1) is 18.4. The molecular formula is C29H30Cl2F2N4O2. The summed E-state index contributed by atoms with van der Waals surface area (Å²) in [7, 11) is 0. The molecule has 0 saturated carbocycles. The van der Waals surface area contributed by atoms with E-state index in [1.165, 1.54) is 18.2 Å². The molecule has 1 amide bonds. The van der Waals surface area contributed by atoms with E-state index < -0.39 is 23.1 Å². The zero-order chi connectivity index (χ0) is 26.4. The highest BCUT2D eigenvalue weighted by atomic mass is 35.5. The highest BCUT2D eigenvalue weighted by Crippen LogP contribution is 2.52. The molecule has 4 N–H and O–H groups in total. The minimum absolute atomic E-state index is 0. The number of nitrogens with two attached hydrogens (primary N) is 1. The van der Waals surface area contributed by atoms with Gasteiger partial charge in [-0.3, -0.25) is 4.79 Å². The van der Waals surface area contributed by atoms with E-state index in [0.29, 0.717) is 44.0 Å². The number of hydrogen-bond acceptors (Lipinski definition) is 5. The topological polar surface area (TPSA) is 79.6 Å². The molecule has 3 aliphatic rings. The van der Waals surface area contributed by atoms with Crippen LogP contribution in [0.15, 0.2) is 48.5 Å². The molecule has 3 aromatic rings. The molecule has 2 fully saturated rings. The number of halogens is 4. The van der Waals surface area contributed by atoms with Crippen LogP contribution in [0.4, 0.5) is 20.2 Å². The van der Waals surface area contributed by atoms with Crippen molar-refractivity contribution in [3.8, 4) is 11.1 Å². The number of rotatable bonds is 5. The Hall–Kier alpha value is -2.91. The van der Waals surface area contributed by atoms with E-state index in [4.69, 9.17) is 22.1 Å².